The summed E-state index contributed by atoms with van der Waals surface area (Å²) in [7, 11) is 1.58. The molecule has 0 spiro atoms. The smallest absolute Gasteiger partial charge is 0.229 e. The van der Waals surface area contributed by atoms with Gasteiger partial charge < -0.3 is 15.0 Å². The molecule has 1 aliphatic heterocycles. The molecule has 0 aliphatic carbocycles. The first-order valence-corrected chi connectivity index (χ1v) is 7.68. The summed E-state index contributed by atoms with van der Waals surface area (Å²) >= 11 is 0. The molecular weight excluding hydrogens is 280 g/mol. The fourth-order valence-corrected chi connectivity index (χ4v) is 2.73. The zero-order chi connectivity index (χ0) is 16.3. The van der Waals surface area contributed by atoms with Gasteiger partial charge in [0.1, 0.15) is 5.75 Å². The molecule has 1 amide bonds. The predicted molar refractivity (Wildman–Crippen MR) is 86.6 cm³/mol. The van der Waals surface area contributed by atoms with Gasteiger partial charge in [-0.05, 0) is 38.1 Å². The fraction of sp³-hybridized carbons (Fsp3) is 0.529. The van der Waals surface area contributed by atoms with Crippen molar-refractivity contribution in [1.82, 2.24) is 5.32 Å². The molecule has 120 valence electrons. The van der Waals surface area contributed by atoms with E-state index < -0.39 is 0 Å². The van der Waals surface area contributed by atoms with Gasteiger partial charge >= 0.3 is 0 Å². The summed E-state index contributed by atoms with van der Waals surface area (Å²) in [6, 6.07) is 5.34. The van der Waals surface area contributed by atoms with Crippen molar-refractivity contribution in [3.05, 3.63) is 23.8 Å². The molecule has 1 saturated heterocycles. The Labute approximate surface area is 131 Å². The molecule has 0 radical (unpaired) electrons. The number of amides is 1. The van der Waals surface area contributed by atoms with Gasteiger partial charge in [0.05, 0.1) is 18.8 Å². The van der Waals surface area contributed by atoms with Crippen molar-refractivity contribution >= 4 is 17.4 Å². The van der Waals surface area contributed by atoms with E-state index in [1.165, 1.54) is 6.92 Å². The lowest BCUT2D eigenvalue weighted by Gasteiger charge is -2.31. The summed E-state index contributed by atoms with van der Waals surface area (Å²) in [6.07, 6.45) is 0.895. The molecule has 2 rings (SSSR count). The Morgan fingerprint density at radius 3 is 2.59 bits per heavy atom. The number of rotatable bonds is 5. The lowest BCUT2D eigenvalue weighted by Crippen LogP contribution is -2.44. The van der Waals surface area contributed by atoms with Crippen LogP contribution in [0.3, 0.4) is 0 Å². The molecule has 1 aliphatic rings. The highest BCUT2D eigenvalue weighted by Gasteiger charge is 2.31. The van der Waals surface area contributed by atoms with Gasteiger partial charge in [0.2, 0.25) is 5.91 Å². The molecule has 0 saturated carbocycles. The fourth-order valence-electron chi connectivity index (χ4n) is 2.73. The molecule has 5 heteroatoms. The first-order valence-electron chi connectivity index (χ1n) is 7.68. The summed E-state index contributed by atoms with van der Waals surface area (Å²) < 4.78 is 5.42. The van der Waals surface area contributed by atoms with Crippen LogP contribution in [0.2, 0.25) is 0 Å². The molecule has 5 nitrogen and oxygen atoms in total. The second-order valence-corrected chi connectivity index (χ2v) is 5.95. The van der Waals surface area contributed by atoms with Gasteiger partial charge in [-0.1, -0.05) is 13.8 Å². The molecule has 1 heterocycles. The average Bonchev–Trinajstić information content (AvgIpc) is 3.01. The third kappa shape index (κ3) is 3.30. The van der Waals surface area contributed by atoms with Crippen molar-refractivity contribution in [1.29, 1.82) is 0 Å². The van der Waals surface area contributed by atoms with Crippen molar-refractivity contribution in [2.75, 3.05) is 25.1 Å². The highest BCUT2D eigenvalue weighted by Crippen LogP contribution is 2.33. The number of carbonyl (C=O) groups is 2. The third-order valence-electron chi connectivity index (χ3n) is 3.98. The van der Waals surface area contributed by atoms with Gasteiger partial charge in [-0.15, -0.1) is 0 Å². The van der Waals surface area contributed by atoms with Crippen LogP contribution in [0.4, 0.5) is 5.69 Å². The summed E-state index contributed by atoms with van der Waals surface area (Å²) in [5.74, 6) is 0.523. The Morgan fingerprint density at radius 2 is 2.09 bits per heavy atom. The summed E-state index contributed by atoms with van der Waals surface area (Å²) in [5, 5.41) is 3.29. The van der Waals surface area contributed by atoms with Gasteiger partial charge in [-0.25, -0.2) is 0 Å². The van der Waals surface area contributed by atoms with E-state index in [2.05, 4.69) is 5.32 Å². The SMILES string of the molecule is COc1ccc(C(C)=O)cc1N(C(=O)C(C)C)C1CCNC1. The number of hydrogen-bond acceptors (Lipinski definition) is 4. The lowest BCUT2D eigenvalue weighted by atomic mass is 10.1. The lowest BCUT2D eigenvalue weighted by molar-refractivity contribution is -0.121. The Balaban J connectivity index is 2.51. The molecule has 1 atom stereocenters. The van der Waals surface area contributed by atoms with E-state index in [1.807, 2.05) is 13.8 Å². The third-order valence-corrected chi connectivity index (χ3v) is 3.98. The molecule has 1 unspecified atom stereocenters. The maximum absolute atomic E-state index is 12.7. The minimum absolute atomic E-state index is 0.0228. The maximum atomic E-state index is 12.7. The molecule has 0 aromatic heterocycles. The van der Waals surface area contributed by atoms with E-state index >= 15 is 0 Å². The number of ether oxygens (including phenoxy) is 1. The number of nitrogens with zero attached hydrogens (tertiary/aromatic N) is 1. The van der Waals surface area contributed by atoms with Crippen molar-refractivity contribution in [3.63, 3.8) is 0 Å². The van der Waals surface area contributed by atoms with E-state index in [-0.39, 0.29) is 23.7 Å². The second kappa shape index (κ2) is 6.92. The van der Waals surface area contributed by atoms with Crippen LogP contribution in [0.25, 0.3) is 0 Å². The normalized spacial score (nSPS) is 17.6. The largest absolute Gasteiger partial charge is 0.495 e. The Morgan fingerprint density at radius 1 is 1.36 bits per heavy atom. The average molecular weight is 304 g/mol. The molecule has 1 aromatic rings. The Hall–Kier alpha value is -1.88. The monoisotopic (exact) mass is 304 g/mol. The van der Waals surface area contributed by atoms with Crippen molar-refractivity contribution in [2.24, 2.45) is 5.92 Å². The van der Waals surface area contributed by atoms with E-state index in [4.69, 9.17) is 4.74 Å². The standard InChI is InChI=1S/C17H24N2O3/c1-11(2)17(21)19(14-7-8-18-10-14)15-9-13(12(3)20)5-6-16(15)22-4/h5-6,9,11,14,18H,7-8,10H2,1-4H3. The summed E-state index contributed by atoms with van der Waals surface area (Å²) in [4.78, 5) is 26.2. The van der Waals surface area contributed by atoms with Gasteiger partial charge in [0.15, 0.2) is 5.78 Å². The second-order valence-electron chi connectivity index (χ2n) is 5.95. The van der Waals surface area contributed by atoms with Gasteiger partial charge in [-0.3, -0.25) is 9.59 Å². The van der Waals surface area contributed by atoms with Crippen LogP contribution in [-0.4, -0.2) is 37.9 Å². The number of benzene rings is 1. The van der Waals surface area contributed by atoms with E-state index in [0.717, 1.165) is 19.5 Å². The number of hydrogen-bond donors (Lipinski definition) is 1. The van der Waals surface area contributed by atoms with Crippen LogP contribution in [0.15, 0.2) is 18.2 Å². The first kappa shape index (κ1) is 16.5. The van der Waals surface area contributed by atoms with E-state index in [0.29, 0.717) is 17.0 Å². The Bertz CT molecular complexity index is 563. The summed E-state index contributed by atoms with van der Waals surface area (Å²) in [6.45, 7) is 6.95. The molecule has 0 bridgehead atoms. The van der Waals surface area contributed by atoms with Crippen molar-refractivity contribution in [3.8, 4) is 5.75 Å². The Kier molecular flexibility index (Phi) is 5.19. The highest BCUT2D eigenvalue weighted by atomic mass is 16.5. The zero-order valence-electron chi connectivity index (χ0n) is 13.7. The van der Waals surface area contributed by atoms with E-state index in [1.54, 1.807) is 30.2 Å². The van der Waals surface area contributed by atoms with Gasteiger partial charge in [0.25, 0.3) is 0 Å². The minimum atomic E-state index is -0.119. The van der Waals surface area contributed by atoms with Crippen LogP contribution >= 0.6 is 0 Å². The molecule has 22 heavy (non-hydrogen) atoms. The quantitative estimate of drug-likeness (QED) is 0.848. The van der Waals surface area contributed by atoms with Gasteiger partial charge in [0, 0.05) is 18.0 Å². The molecular formula is C17H24N2O3. The number of ketones is 1. The van der Waals surface area contributed by atoms with Crippen molar-refractivity contribution < 1.29 is 14.3 Å². The summed E-state index contributed by atoms with van der Waals surface area (Å²) in [5.41, 5.74) is 1.27. The maximum Gasteiger partial charge on any atom is 0.229 e. The predicted octanol–water partition coefficient (Wildman–Crippen LogP) is 2.25. The number of nitrogens with one attached hydrogen (secondary N) is 1. The highest BCUT2D eigenvalue weighted by molar-refractivity contribution is 6.00. The number of carbonyl (C=O) groups excluding carboxylic acids is 2. The first-order chi connectivity index (χ1) is 10.5. The van der Waals surface area contributed by atoms with Gasteiger partial charge in [-0.2, -0.15) is 0 Å². The topological polar surface area (TPSA) is 58.6 Å². The molecule has 1 aromatic carbocycles. The van der Waals surface area contributed by atoms with Crippen LogP contribution in [0.1, 0.15) is 37.6 Å². The molecule has 1 N–H and O–H groups in total. The zero-order valence-corrected chi connectivity index (χ0v) is 13.7. The van der Waals surface area contributed by atoms with Crippen LogP contribution in [0.5, 0.6) is 5.75 Å². The number of methoxy groups -OCH3 is 1. The van der Waals surface area contributed by atoms with Crippen LogP contribution in [0, 0.1) is 5.92 Å². The van der Waals surface area contributed by atoms with E-state index in [9.17, 15) is 9.59 Å². The van der Waals surface area contributed by atoms with Crippen LogP contribution < -0.4 is 15.0 Å². The molecule has 1 fully saturated rings. The van der Waals surface area contributed by atoms with Crippen molar-refractivity contribution in [2.45, 2.75) is 33.2 Å². The van der Waals surface area contributed by atoms with Crippen LogP contribution in [-0.2, 0) is 4.79 Å². The minimum Gasteiger partial charge on any atom is -0.495 e. The number of Topliss-reactive ketones (excluding diaryl/α,β-unsaturated/α-hetero) is 1. The number of anilines is 1.